The van der Waals surface area contributed by atoms with Crippen molar-refractivity contribution in [2.24, 2.45) is 0 Å². The molecular formula is C14H15N5O. The molecule has 0 aliphatic heterocycles. The first-order valence-corrected chi connectivity index (χ1v) is 6.44. The first kappa shape index (κ1) is 12.6. The second-order valence-electron chi connectivity index (χ2n) is 4.31. The molecular weight excluding hydrogens is 254 g/mol. The average molecular weight is 269 g/mol. The van der Waals surface area contributed by atoms with Gasteiger partial charge in [0.25, 0.3) is 0 Å². The third-order valence-corrected chi connectivity index (χ3v) is 2.94. The lowest BCUT2D eigenvalue weighted by Crippen LogP contribution is -1.96. The molecule has 20 heavy (non-hydrogen) atoms. The van der Waals surface area contributed by atoms with Crippen molar-refractivity contribution in [3.63, 3.8) is 0 Å². The summed E-state index contributed by atoms with van der Waals surface area (Å²) >= 11 is 0. The van der Waals surface area contributed by atoms with Crippen LogP contribution in [0.3, 0.4) is 0 Å². The van der Waals surface area contributed by atoms with Gasteiger partial charge in [0, 0.05) is 12.3 Å². The van der Waals surface area contributed by atoms with Crippen LogP contribution in [0.4, 0.5) is 11.5 Å². The Morgan fingerprint density at radius 1 is 1.20 bits per heavy atom. The smallest absolute Gasteiger partial charge is 0.160 e. The van der Waals surface area contributed by atoms with Gasteiger partial charge in [0.1, 0.15) is 12.1 Å². The maximum Gasteiger partial charge on any atom is 0.160 e. The summed E-state index contributed by atoms with van der Waals surface area (Å²) in [6.07, 6.45) is 3.22. The fraction of sp³-hybridized carbons (Fsp3) is 0.214. The van der Waals surface area contributed by atoms with Crippen LogP contribution in [-0.4, -0.2) is 26.8 Å². The molecule has 2 aromatic heterocycles. The molecule has 0 spiro atoms. The van der Waals surface area contributed by atoms with Crippen LogP contribution in [-0.2, 0) is 11.3 Å². The lowest BCUT2D eigenvalue weighted by Gasteiger charge is -2.07. The molecule has 0 saturated heterocycles. The highest BCUT2D eigenvalue weighted by Crippen LogP contribution is 2.21. The van der Waals surface area contributed by atoms with E-state index in [4.69, 9.17) is 4.74 Å². The number of benzene rings is 1. The summed E-state index contributed by atoms with van der Waals surface area (Å²) in [5.74, 6) is 0.737. The third kappa shape index (κ3) is 2.60. The van der Waals surface area contributed by atoms with E-state index in [1.54, 1.807) is 6.20 Å². The largest absolute Gasteiger partial charge is 0.377 e. The van der Waals surface area contributed by atoms with E-state index in [0.29, 0.717) is 6.61 Å². The van der Waals surface area contributed by atoms with Crippen molar-refractivity contribution in [3.8, 4) is 0 Å². The predicted octanol–water partition coefficient (Wildman–Crippen LogP) is 2.63. The monoisotopic (exact) mass is 269 g/mol. The van der Waals surface area contributed by atoms with Crippen molar-refractivity contribution in [2.45, 2.75) is 13.5 Å². The molecule has 3 aromatic rings. The lowest BCUT2D eigenvalue weighted by atomic mass is 10.2. The van der Waals surface area contributed by atoms with Crippen molar-refractivity contribution in [3.05, 3.63) is 42.4 Å². The highest BCUT2D eigenvalue weighted by molar-refractivity contribution is 5.87. The molecule has 6 nitrogen and oxygen atoms in total. The Morgan fingerprint density at radius 3 is 2.85 bits per heavy atom. The molecule has 6 heteroatoms. The summed E-state index contributed by atoms with van der Waals surface area (Å²) in [7, 11) is 0. The molecule has 0 radical (unpaired) electrons. The van der Waals surface area contributed by atoms with Crippen molar-refractivity contribution in [1.29, 1.82) is 0 Å². The standard InChI is InChI=1S/C14H15N5O/c1-2-20-8-10-3-5-11(6-4-10)18-13-12-7-17-19-14(12)16-9-15-13/h3-7,9H,2,8H2,1H3,(H2,15,16,17,18,19). The molecule has 2 heterocycles. The molecule has 0 bridgehead atoms. The maximum absolute atomic E-state index is 5.37. The van der Waals surface area contributed by atoms with Gasteiger partial charge in [-0.3, -0.25) is 5.10 Å². The number of aromatic amines is 1. The van der Waals surface area contributed by atoms with Gasteiger partial charge in [-0.05, 0) is 24.6 Å². The van der Waals surface area contributed by atoms with Crippen LogP contribution in [0, 0.1) is 0 Å². The zero-order valence-electron chi connectivity index (χ0n) is 11.1. The van der Waals surface area contributed by atoms with Gasteiger partial charge in [-0.1, -0.05) is 12.1 Å². The van der Waals surface area contributed by atoms with Crippen LogP contribution in [0.25, 0.3) is 11.0 Å². The van der Waals surface area contributed by atoms with Crippen molar-refractivity contribution >= 4 is 22.5 Å². The minimum absolute atomic E-state index is 0.635. The number of fused-ring (bicyclic) bond motifs is 1. The van der Waals surface area contributed by atoms with Gasteiger partial charge >= 0.3 is 0 Å². The van der Waals surface area contributed by atoms with Crippen molar-refractivity contribution in [2.75, 3.05) is 11.9 Å². The highest BCUT2D eigenvalue weighted by atomic mass is 16.5. The zero-order chi connectivity index (χ0) is 13.8. The maximum atomic E-state index is 5.37. The molecule has 3 rings (SSSR count). The Bertz CT molecular complexity index is 692. The Labute approximate surface area is 116 Å². The van der Waals surface area contributed by atoms with Crippen molar-refractivity contribution in [1.82, 2.24) is 20.2 Å². The molecule has 0 atom stereocenters. The Morgan fingerprint density at radius 2 is 2.05 bits per heavy atom. The Kier molecular flexibility index (Phi) is 3.56. The van der Waals surface area contributed by atoms with E-state index in [2.05, 4.69) is 25.5 Å². The average Bonchev–Trinajstić information content (AvgIpc) is 2.96. The van der Waals surface area contributed by atoms with E-state index in [1.165, 1.54) is 6.33 Å². The summed E-state index contributed by atoms with van der Waals surface area (Å²) < 4.78 is 5.37. The number of hydrogen-bond donors (Lipinski definition) is 2. The van der Waals surface area contributed by atoms with Gasteiger partial charge in [-0.2, -0.15) is 5.10 Å². The number of H-pyrrole nitrogens is 1. The van der Waals surface area contributed by atoms with Gasteiger partial charge in [-0.15, -0.1) is 0 Å². The molecule has 0 unspecified atom stereocenters. The van der Waals surface area contributed by atoms with E-state index in [1.807, 2.05) is 31.2 Å². The van der Waals surface area contributed by atoms with Crippen LogP contribution in [0.15, 0.2) is 36.8 Å². The minimum Gasteiger partial charge on any atom is -0.377 e. The van der Waals surface area contributed by atoms with Gasteiger partial charge in [-0.25, -0.2) is 9.97 Å². The number of aromatic nitrogens is 4. The van der Waals surface area contributed by atoms with E-state index < -0.39 is 0 Å². The van der Waals surface area contributed by atoms with E-state index in [0.717, 1.165) is 34.7 Å². The van der Waals surface area contributed by atoms with E-state index >= 15 is 0 Å². The molecule has 0 aliphatic rings. The summed E-state index contributed by atoms with van der Waals surface area (Å²) in [4.78, 5) is 8.35. The van der Waals surface area contributed by atoms with Gasteiger partial charge < -0.3 is 10.1 Å². The molecule has 0 aliphatic carbocycles. The molecule has 102 valence electrons. The fourth-order valence-corrected chi connectivity index (χ4v) is 1.91. The van der Waals surface area contributed by atoms with Crippen LogP contribution < -0.4 is 5.32 Å². The summed E-state index contributed by atoms with van der Waals surface area (Å²) in [6.45, 7) is 3.34. The number of hydrogen-bond acceptors (Lipinski definition) is 5. The second kappa shape index (κ2) is 5.66. The third-order valence-electron chi connectivity index (χ3n) is 2.94. The Balaban J connectivity index is 1.79. The lowest BCUT2D eigenvalue weighted by molar-refractivity contribution is 0.134. The quantitative estimate of drug-likeness (QED) is 0.744. The van der Waals surface area contributed by atoms with E-state index in [-0.39, 0.29) is 0 Å². The number of nitrogens with one attached hydrogen (secondary N) is 2. The molecule has 0 fully saturated rings. The first-order valence-electron chi connectivity index (χ1n) is 6.44. The van der Waals surface area contributed by atoms with Crippen LogP contribution in [0.1, 0.15) is 12.5 Å². The normalized spacial score (nSPS) is 10.8. The van der Waals surface area contributed by atoms with Crippen LogP contribution in [0.5, 0.6) is 0 Å². The van der Waals surface area contributed by atoms with E-state index in [9.17, 15) is 0 Å². The number of ether oxygens (including phenoxy) is 1. The fourth-order valence-electron chi connectivity index (χ4n) is 1.91. The molecule has 2 N–H and O–H groups in total. The van der Waals surface area contributed by atoms with Crippen LogP contribution >= 0.6 is 0 Å². The first-order chi connectivity index (χ1) is 9.86. The minimum atomic E-state index is 0.635. The van der Waals surface area contributed by atoms with Crippen LogP contribution in [0.2, 0.25) is 0 Å². The number of rotatable bonds is 5. The topological polar surface area (TPSA) is 75.7 Å². The number of anilines is 2. The Hall–Kier alpha value is -2.47. The summed E-state index contributed by atoms with van der Waals surface area (Å²) in [5.41, 5.74) is 2.83. The second-order valence-corrected chi connectivity index (χ2v) is 4.31. The summed E-state index contributed by atoms with van der Waals surface area (Å²) in [6, 6.07) is 8.07. The van der Waals surface area contributed by atoms with Crippen molar-refractivity contribution < 1.29 is 4.74 Å². The highest BCUT2D eigenvalue weighted by Gasteiger charge is 2.05. The SMILES string of the molecule is CCOCc1ccc(Nc2ncnc3[nH]ncc23)cc1. The van der Waals surface area contributed by atoms with Gasteiger partial charge in [0.15, 0.2) is 5.65 Å². The molecule has 0 amide bonds. The summed E-state index contributed by atoms with van der Waals surface area (Å²) in [5, 5.41) is 10.9. The van der Waals surface area contributed by atoms with Gasteiger partial charge in [0.05, 0.1) is 18.2 Å². The molecule has 0 saturated carbocycles. The zero-order valence-corrected chi connectivity index (χ0v) is 11.1. The predicted molar refractivity (Wildman–Crippen MR) is 76.7 cm³/mol. The number of nitrogens with zero attached hydrogens (tertiary/aromatic N) is 3. The molecule has 1 aromatic carbocycles. The van der Waals surface area contributed by atoms with Gasteiger partial charge in [0.2, 0.25) is 0 Å².